The first kappa shape index (κ1) is 12.2. The van der Waals surface area contributed by atoms with E-state index >= 15 is 0 Å². The van der Waals surface area contributed by atoms with Gasteiger partial charge in [0.15, 0.2) is 0 Å². The van der Waals surface area contributed by atoms with Gasteiger partial charge in [0.2, 0.25) is 11.4 Å². The van der Waals surface area contributed by atoms with Gasteiger partial charge in [-0.05, 0) is 30.2 Å². The van der Waals surface area contributed by atoms with Crippen molar-refractivity contribution in [2.45, 2.75) is 13.3 Å². The second-order valence-electron chi connectivity index (χ2n) is 5.52. The molecule has 0 bridgehead atoms. The molecule has 0 radical (unpaired) electrons. The summed E-state index contributed by atoms with van der Waals surface area (Å²) >= 11 is 0. The molecule has 0 unspecified atom stereocenters. The molecule has 1 aliphatic rings. The zero-order valence-electron chi connectivity index (χ0n) is 12.2. The first-order valence-electron chi connectivity index (χ1n) is 7.13. The second kappa shape index (κ2) is 4.48. The number of nitrogens with zero attached hydrogens (tertiary/aromatic N) is 3. The molecule has 0 saturated heterocycles. The molecule has 0 N–H and O–H groups in total. The summed E-state index contributed by atoms with van der Waals surface area (Å²) in [5.41, 5.74) is 8.48. The average molecular weight is 274 g/mol. The number of benzene rings is 1. The zero-order valence-corrected chi connectivity index (χ0v) is 12.2. The van der Waals surface area contributed by atoms with Gasteiger partial charge in [0.05, 0.1) is 12.0 Å². The van der Waals surface area contributed by atoms with Gasteiger partial charge in [-0.1, -0.05) is 18.2 Å². The maximum atomic E-state index is 4.72. The Morgan fingerprint density at radius 3 is 2.76 bits per heavy atom. The summed E-state index contributed by atoms with van der Waals surface area (Å²) in [6, 6.07) is 10.5. The predicted octanol–water partition coefficient (Wildman–Crippen LogP) is 2.85. The zero-order chi connectivity index (χ0) is 14.4. The van der Waals surface area contributed by atoms with E-state index < -0.39 is 0 Å². The molecule has 2 heterocycles. The third-order valence-corrected chi connectivity index (χ3v) is 4.30. The number of aryl methyl sites for hydroxylation is 1. The van der Waals surface area contributed by atoms with Crippen molar-refractivity contribution >= 4 is 0 Å². The molecule has 1 aromatic carbocycles. The maximum Gasteiger partial charge on any atom is 0.231 e. The van der Waals surface area contributed by atoms with Crippen LogP contribution < -0.4 is 4.57 Å². The molecular formula is C18H16N3+. The van der Waals surface area contributed by atoms with Crippen LogP contribution in [0.2, 0.25) is 0 Å². The maximum absolute atomic E-state index is 4.72. The van der Waals surface area contributed by atoms with Crippen molar-refractivity contribution in [3.63, 3.8) is 0 Å². The summed E-state index contributed by atoms with van der Waals surface area (Å²) < 4.78 is 2.27. The number of pyridine rings is 1. The van der Waals surface area contributed by atoms with Crippen LogP contribution in [0.3, 0.4) is 0 Å². The molecular weight excluding hydrogens is 258 g/mol. The van der Waals surface area contributed by atoms with Gasteiger partial charge in [-0.2, -0.15) is 4.57 Å². The van der Waals surface area contributed by atoms with Gasteiger partial charge >= 0.3 is 0 Å². The van der Waals surface area contributed by atoms with Crippen LogP contribution in [0.5, 0.6) is 0 Å². The van der Waals surface area contributed by atoms with E-state index in [1.807, 2.05) is 18.6 Å². The van der Waals surface area contributed by atoms with E-state index in [-0.39, 0.29) is 0 Å². The number of aromatic nitrogens is 3. The molecule has 102 valence electrons. The largest absolute Gasteiger partial charge is 0.264 e. The SMILES string of the molecule is Cc1ccccc1-c1cnc2c([n+]1C)Cc1ccncc1-2. The summed E-state index contributed by atoms with van der Waals surface area (Å²) in [7, 11) is 2.13. The highest BCUT2D eigenvalue weighted by atomic mass is 15.0. The van der Waals surface area contributed by atoms with Gasteiger partial charge in [-0.25, -0.2) is 4.98 Å². The van der Waals surface area contributed by atoms with Crippen molar-refractivity contribution in [3.05, 3.63) is 65.7 Å². The molecule has 0 aliphatic heterocycles. The molecule has 0 saturated carbocycles. The summed E-state index contributed by atoms with van der Waals surface area (Å²) in [4.78, 5) is 8.95. The lowest BCUT2D eigenvalue weighted by molar-refractivity contribution is -0.667. The second-order valence-corrected chi connectivity index (χ2v) is 5.52. The number of fused-ring (bicyclic) bond motifs is 3. The lowest BCUT2D eigenvalue weighted by Crippen LogP contribution is -2.36. The Kier molecular flexibility index (Phi) is 2.61. The monoisotopic (exact) mass is 274 g/mol. The van der Waals surface area contributed by atoms with E-state index in [0.717, 1.165) is 17.8 Å². The fourth-order valence-corrected chi connectivity index (χ4v) is 3.10. The summed E-state index contributed by atoms with van der Waals surface area (Å²) in [6.45, 7) is 2.14. The molecule has 3 aromatic rings. The van der Waals surface area contributed by atoms with Crippen molar-refractivity contribution in [1.29, 1.82) is 0 Å². The van der Waals surface area contributed by atoms with Crippen molar-refractivity contribution in [3.8, 4) is 22.5 Å². The minimum absolute atomic E-state index is 0.927. The van der Waals surface area contributed by atoms with Crippen molar-refractivity contribution in [2.24, 2.45) is 7.05 Å². The van der Waals surface area contributed by atoms with E-state index in [1.165, 1.54) is 27.9 Å². The highest BCUT2D eigenvalue weighted by Gasteiger charge is 2.29. The van der Waals surface area contributed by atoms with E-state index in [1.54, 1.807) is 0 Å². The molecule has 2 aromatic heterocycles. The minimum atomic E-state index is 0.927. The smallest absolute Gasteiger partial charge is 0.231 e. The first-order chi connectivity index (χ1) is 10.3. The predicted molar refractivity (Wildman–Crippen MR) is 81.6 cm³/mol. The first-order valence-corrected chi connectivity index (χ1v) is 7.13. The molecule has 3 heteroatoms. The van der Waals surface area contributed by atoms with E-state index in [0.29, 0.717) is 0 Å². The molecule has 3 nitrogen and oxygen atoms in total. The van der Waals surface area contributed by atoms with Crippen LogP contribution in [0.25, 0.3) is 22.5 Å². The van der Waals surface area contributed by atoms with E-state index in [4.69, 9.17) is 4.98 Å². The molecule has 0 fully saturated rings. The fraction of sp³-hybridized carbons (Fsp3) is 0.167. The Balaban J connectivity index is 1.93. The van der Waals surface area contributed by atoms with E-state index in [9.17, 15) is 0 Å². The van der Waals surface area contributed by atoms with Gasteiger partial charge in [-0.15, -0.1) is 0 Å². The van der Waals surface area contributed by atoms with Crippen LogP contribution >= 0.6 is 0 Å². The molecule has 1 aliphatic carbocycles. The van der Waals surface area contributed by atoms with Gasteiger partial charge < -0.3 is 0 Å². The standard InChI is InChI=1S/C18H16N3/c1-12-5-3-4-6-14(12)17-11-20-18-15-10-19-8-7-13(15)9-16(18)21(17)2/h3-8,10-11H,9H2,1-2H3/q+1. The Labute approximate surface area is 124 Å². The third-order valence-electron chi connectivity index (χ3n) is 4.30. The fourth-order valence-electron chi connectivity index (χ4n) is 3.10. The quantitative estimate of drug-likeness (QED) is 0.500. The van der Waals surface area contributed by atoms with Gasteiger partial charge in [0, 0.05) is 18.0 Å². The molecule has 21 heavy (non-hydrogen) atoms. The van der Waals surface area contributed by atoms with Crippen molar-refractivity contribution < 1.29 is 4.57 Å². The van der Waals surface area contributed by atoms with Gasteiger partial charge in [0.1, 0.15) is 18.9 Å². The van der Waals surface area contributed by atoms with Crippen LogP contribution in [-0.4, -0.2) is 9.97 Å². The summed E-state index contributed by atoms with van der Waals surface area (Å²) in [5, 5.41) is 0. The highest BCUT2D eigenvalue weighted by molar-refractivity contribution is 5.71. The number of rotatable bonds is 1. The normalized spacial score (nSPS) is 12.1. The summed E-state index contributed by atoms with van der Waals surface area (Å²) in [6.07, 6.45) is 6.67. The van der Waals surface area contributed by atoms with Gasteiger partial charge in [-0.3, -0.25) is 4.98 Å². The average Bonchev–Trinajstić information content (AvgIpc) is 2.89. The van der Waals surface area contributed by atoms with Crippen LogP contribution in [0.15, 0.2) is 48.9 Å². The number of hydrogen-bond donors (Lipinski definition) is 0. The van der Waals surface area contributed by atoms with E-state index in [2.05, 4.69) is 53.9 Å². The minimum Gasteiger partial charge on any atom is -0.264 e. The molecule has 4 rings (SSSR count). The number of hydrogen-bond acceptors (Lipinski definition) is 2. The van der Waals surface area contributed by atoms with Crippen molar-refractivity contribution in [1.82, 2.24) is 9.97 Å². The van der Waals surface area contributed by atoms with Crippen LogP contribution in [0, 0.1) is 6.92 Å². The molecule has 0 amide bonds. The molecule has 0 atom stereocenters. The van der Waals surface area contributed by atoms with Crippen LogP contribution in [0.4, 0.5) is 0 Å². The topological polar surface area (TPSA) is 29.7 Å². The Morgan fingerprint density at radius 1 is 1.05 bits per heavy atom. The molecule has 0 spiro atoms. The Morgan fingerprint density at radius 2 is 1.90 bits per heavy atom. The third kappa shape index (κ3) is 1.77. The lowest BCUT2D eigenvalue weighted by Gasteiger charge is -2.06. The van der Waals surface area contributed by atoms with Crippen molar-refractivity contribution in [2.75, 3.05) is 0 Å². The Bertz CT molecular complexity index is 853. The lowest BCUT2D eigenvalue weighted by atomic mass is 10.1. The summed E-state index contributed by atoms with van der Waals surface area (Å²) in [5.74, 6) is 0. The van der Waals surface area contributed by atoms with Crippen LogP contribution in [-0.2, 0) is 13.5 Å². The van der Waals surface area contributed by atoms with Gasteiger partial charge in [0.25, 0.3) is 0 Å². The Hall–Kier alpha value is -2.55. The van der Waals surface area contributed by atoms with Crippen LogP contribution in [0.1, 0.15) is 16.8 Å². The highest BCUT2D eigenvalue weighted by Crippen LogP contribution is 2.33.